The molecule has 0 radical (unpaired) electrons. The lowest BCUT2D eigenvalue weighted by atomic mass is 10.0. The minimum atomic E-state index is 0.673. The molecule has 0 aliphatic heterocycles. The van der Waals surface area contributed by atoms with Gasteiger partial charge in [-0.25, -0.2) is 4.98 Å². The number of rotatable bonds is 4. The van der Waals surface area contributed by atoms with Crippen LogP contribution in [-0.2, 0) is 6.54 Å². The van der Waals surface area contributed by atoms with E-state index < -0.39 is 0 Å². The summed E-state index contributed by atoms with van der Waals surface area (Å²) in [4.78, 5) is 5.03. The first-order chi connectivity index (χ1) is 11.8. The predicted octanol–water partition coefficient (Wildman–Crippen LogP) is 4.66. The van der Waals surface area contributed by atoms with Gasteiger partial charge >= 0.3 is 0 Å². The van der Waals surface area contributed by atoms with Crippen LogP contribution < -0.4 is 0 Å². The second kappa shape index (κ2) is 6.40. The van der Waals surface area contributed by atoms with Crippen LogP contribution in [-0.4, -0.2) is 14.8 Å². The van der Waals surface area contributed by atoms with Crippen LogP contribution in [0, 0.1) is 11.3 Å². The normalized spacial score (nSPS) is 10.6. The summed E-state index contributed by atoms with van der Waals surface area (Å²) in [7, 11) is 0. The van der Waals surface area contributed by atoms with E-state index in [-0.39, 0.29) is 0 Å². The van der Waals surface area contributed by atoms with Crippen molar-refractivity contribution >= 4 is 22.7 Å². The smallest absolute Gasteiger partial charge is 0.112 e. The number of thiazole rings is 1. The van der Waals surface area contributed by atoms with Crippen LogP contribution in [0.4, 0.5) is 0 Å². The number of nitriles is 1. The summed E-state index contributed by atoms with van der Waals surface area (Å²) in [6.45, 7) is 0.673. The molecule has 4 rings (SSSR count). The van der Waals surface area contributed by atoms with Gasteiger partial charge in [0.1, 0.15) is 10.9 Å². The number of hydrogen-bond acceptors (Lipinski definition) is 5. The highest BCUT2D eigenvalue weighted by molar-refractivity contribution is 7.11. The molecule has 0 N–H and O–H groups in total. The molecular weight excluding hydrogens is 336 g/mol. The number of thiophene rings is 1. The van der Waals surface area contributed by atoms with Crippen molar-refractivity contribution in [2.45, 2.75) is 6.54 Å². The Kier molecular flexibility index (Phi) is 3.95. The molecule has 3 aromatic heterocycles. The lowest BCUT2D eigenvalue weighted by Gasteiger charge is -2.03. The van der Waals surface area contributed by atoms with Crippen LogP contribution in [0.1, 0.15) is 10.6 Å². The summed E-state index contributed by atoms with van der Waals surface area (Å²) in [5, 5.41) is 17.8. The standard InChI is InChI=1S/C18H12N4S2/c19-9-18-16(5-7-24-18)13-2-1-3-14(8-13)17-4-6-22(21-17)10-15-11-23-12-20-15/h1-8,11-12H,10H2. The van der Waals surface area contributed by atoms with Crippen molar-refractivity contribution < 1.29 is 0 Å². The van der Waals surface area contributed by atoms with Gasteiger partial charge in [0, 0.05) is 22.7 Å². The highest BCUT2D eigenvalue weighted by Gasteiger charge is 2.09. The van der Waals surface area contributed by atoms with E-state index in [0.717, 1.165) is 33.0 Å². The van der Waals surface area contributed by atoms with E-state index in [2.05, 4.69) is 22.2 Å². The van der Waals surface area contributed by atoms with E-state index in [1.807, 2.05) is 57.5 Å². The van der Waals surface area contributed by atoms with Gasteiger partial charge in [-0.2, -0.15) is 10.4 Å². The first-order valence-corrected chi connectivity index (χ1v) is 9.14. The van der Waals surface area contributed by atoms with Crippen molar-refractivity contribution in [1.29, 1.82) is 5.26 Å². The number of nitrogens with zero attached hydrogens (tertiary/aromatic N) is 4. The molecule has 0 unspecified atom stereocenters. The molecule has 4 aromatic rings. The lowest BCUT2D eigenvalue weighted by molar-refractivity contribution is 0.678. The van der Waals surface area contributed by atoms with Gasteiger partial charge in [0.25, 0.3) is 0 Å². The molecule has 0 fully saturated rings. The van der Waals surface area contributed by atoms with E-state index in [4.69, 9.17) is 0 Å². The first kappa shape index (κ1) is 14.8. The predicted molar refractivity (Wildman–Crippen MR) is 96.9 cm³/mol. The van der Waals surface area contributed by atoms with Crippen molar-refractivity contribution in [3.8, 4) is 28.5 Å². The van der Waals surface area contributed by atoms with Crippen molar-refractivity contribution in [2.24, 2.45) is 0 Å². The van der Waals surface area contributed by atoms with Crippen molar-refractivity contribution in [3.05, 3.63) is 69.4 Å². The third-order valence-corrected chi connectivity index (χ3v) is 5.14. The monoisotopic (exact) mass is 348 g/mol. The van der Waals surface area contributed by atoms with E-state index in [1.54, 1.807) is 11.3 Å². The Balaban J connectivity index is 1.65. The quantitative estimate of drug-likeness (QED) is 0.539. The van der Waals surface area contributed by atoms with Crippen molar-refractivity contribution in [3.63, 3.8) is 0 Å². The summed E-state index contributed by atoms with van der Waals surface area (Å²) in [5.74, 6) is 0. The Bertz CT molecular complexity index is 1010. The highest BCUT2D eigenvalue weighted by Crippen LogP contribution is 2.30. The zero-order valence-corrected chi connectivity index (χ0v) is 14.2. The Labute approximate surface area is 147 Å². The topological polar surface area (TPSA) is 54.5 Å². The minimum Gasteiger partial charge on any atom is -0.266 e. The van der Waals surface area contributed by atoms with Gasteiger partial charge in [-0.1, -0.05) is 18.2 Å². The average Bonchev–Trinajstić information content (AvgIpc) is 3.37. The summed E-state index contributed by atoms with van der Waals surface area (Å²) >= 11 is 3.05. The molecule has 0 aliphatic rings. The van der Waals surface area contributed by atoms with Crippen molar-refractivity contribution in [1.82, 2.24) is 14.8 Å². The molecule has 0 aliphatic carbocycles. The first-order valence-electron chi connectivity index (χ1n) is 7.32. The SMILES string of the molecule is N#Cc1sccc1-c1cccc(-c2ccn(Cc3cscn3)n2)c1. The zero-order valence-electron chi connectivity index (χ0n) is 12.6. The van der Waals surface area contributed by atoms with Gasteiger partial charge in [-0.15, -0.1) is 22.7 Å². The Morgan fingerprint density at radius 2 is 2.08 bits per heavy atom. The maximum Gasteiger partial charge on any atom is 0.112 e. The molecule has 4 nitrogen and oxygen atoms in total. The second-order valence-electron chi connectivity index (χ2n) is 5.23. The Hall–Kier alpha value is -2.75. The van der Waals surface area contributed by atoms with Gasteiger partial charge in [-0.05, 0) is 29.1 Å². The second-order valence-corrected chi connectivity index (χ2v) is 6.87. The largest absolute Gasteiger partial charge is 0.266 e. The minimum absolute atomic E-state index is 0.673. The molecule has 0 amide bonds. The average molecular weight is 348 g/mol. The van der Waals surface area contributed by atoms with Crippen LogP contribution in [0.15, 0.2) is 58.9 Å². The highest BCUT2D eigenvalue weighted by atomic mass is 32.1. The summed E-state index contributed by atoms with van der Waals surface area (Å²) in [5.41, 5.74) is 6.82. The van der Waals surface area contributed by atoms with Gasteiger partial charge in [-0.3, -0.25) is 4.68 Å². The van der Waals surface area contributed by atoms with Crippen molar-refractivity contribution in [2.75, 3.05) is 0 Å². The molecule has 1 aromatic carbocycles. The van der Waals surface area contributed by atoms with Gasteiger partial charge in [0.15, 0.2) is 0 Å². The van der Waals surface area contributed by atoms with Gasteiger partial charge in [0.2, 0.25) is 0 Å². The van der Waals surface area contributed by atoms with E-state index in [1.165, 1.54) is 11.3 Å². The number of aromatic nitrogens is 3. The Morgan fingerprint density at radius 1 is 1.17 bits per heavy atom. The number of hydrogen-bond donors (Lipinski definition) is 0. The molecule has 0 bridgehead atoms. The van der Waals surface area contributed by atoms with E-state index in [0.29, 0.717) is 6.54 Å². The molecule has 6 heteroatoms. The summed E-state index contributed by atoms with van der Waals surface area (Å²) in [6, 6.07) is 14.4. The molecule has 0 saturated carbocycles. The van der Waals surface area contributed by atoms with Crippen LogP contribution in [0.5, 0.6) is 0 Å². The van der Waals surface area contributed by atoms with Crippen LogP contribution >= 0.6 is 22.7 Å². The fourth-order valence-corrected chi connectivity index (χ4v) is 3.81. The lowest BCUT2D eigenvalue weighted by Crippen LogP contribution is -2.00. The van der Waals surface area contributed by atoms with Crippen LogP contribution in [0.2, 0.25) is 0 Å². The molecule has 0 atom stereocenters. The molecule has 3 heterocycles. The maximum atomic E-state index is 9.22. The Morgan fingerprint density at radius 3 is 2.92 bits per heavy atom. The fraction of sp³-hybridized carbons (Fsp3) is 0.0556. The van der Waals surface area contributed by atoms with Crippen LogP contribution in [0.3, 0.4) is 0 Å². The molecular formula is C18H12N4S2. The van der Waals surface area contributed by atoms with Gasteiger partial charge in [0.05, 0.1) is 23.4 Å². The molecule has 0 saturated heterocycles. The van der Waals surface area contributed by atoms with Gasteiger partial charge < -0.3 is 0 Å². The zero-order chi connectivity index (χ0) is 16.4. The van der Waals surface area contributed by atoms with E-state index in [9.17, 15) is 5.26 Å². The summed E-state index contributed by atoms with van der Waals surface area (Å²) < 4.78 is 1.89. The van der Waals surface area contributed by atoms with E-state index >= 15 is 0 Å². The molecule has 116 valence electrons. The fourth-order valence-electron chi connectivity index (χ4n) is 2.55. The molecule has 0 spiro atoms. The number of benzene rings is 1. The third kappa shape index (κ3) is 2.87. The van der Waals surface area contributed by atoms with Crippen LogP contribution in [0.25, 0.3) is 22.4 Å². The maximum absolute atomic E-state index is 9.22. The molecule has 24 heavy (non-hydrogen) atoms. The third-order valence-electron chi connectivity index (χ3n) is 3.68. The summed E-state index contributed by atoms with van der Waals surface area (Å²) in [6.07, 6.45) is 1.96.